The van der Waals surface area contributed by atoms with E-state index in [0.29, 0.717) is 7.97 Å². The average molecular weight is 657 g/mol. The molecule has 86 valence electrons. The second kappa shape index (κ2) is 7.49. The van der Waals surface area contributed by atoms with E-state index in [1.165, 1.54) is 3.57 Å². The molecule has 0 radical (unpaired) electrons. The third-order valence-electron chi connectivity index (χ3n) is 1.76. The second-order valence-corrected chi connectivity index (χ2v) is 13.7. The summed E-state index contributed by atoms with van der Waals surface area (Å²) in [6, 6.07) is 0.584. The molecule has 0 aliphatic heterocycles. The van der Waals surface area contributed by atoms with Gasteiger partial charge < -0.3 is 0 Å². The first-order chi connectivity index (χ1) is 7.82. The number of hydrogen-bond acceptors (Lipinski definition) is 1. The molecule has 0 aliphatic rings. The molecule has 0 bridgehead atoms. The maximum absolute atomic E-state index is 8.16. The third kappa shape index (κ3) is 5.06. The summed E-state index contributed by atoms with van der Waals surface area (Å²) in [7, 11) is 0. The molecule has 1 rings (SSSR count). The van der Waals surface area contributed by atoms with Gasteiger partial charge in [-0.2, -0.15) is 0 Å². The van der Waals surface area contributed by atoms with E-state index < -0.39 is 0 Å². The first kappa shape index (κ1) is 12.1. The molecular formula is C10H12I4N-. The van der Waals surface area contributed by atoms with E-state index in [1.807, 2.05) is 13.8 Å². The van der Waals surface area contributed by atoms with Crippen LogP contribution in [0.3, 0.4) is 0 Å². The van der Waals surface area contributed by atoms with Crippen molar-refractivity contribution < 1.29 is 23.9 Å². The fourth-order valence-corrected chi connectivity index (χ4v) is 5.30. The van der Waals surface area contributed by atoms with Crippen molar-refractivity contribution in [2.45, 2.75) is 22.2 Å². The minimum absolute atomic E-state index is 0.0605. The fourth-order valence-electron chi connectivity index (χ4n) is 1.30. The van der Waals surface area contributed by atoms with E-state index in [9.17, 15) is 0 Å². The van der Waals surface area contributed by atoms with E-state index >= 15 is 0 Å². The molecule has 0 saturated carbocycles. The summed E-state index contributed by atoms with van der Waals surface area (Å²) in [6.45, 7) is 3.91. The van der Waals surface area contributed by atoms with Gasteiger partial charge in [-0.1, -0.05) is 0 Å². The number of aryl methyl sites for hydroxylation is 2. The molecule has 15 heavy (non-hydrogen) atoms. The number of alkyl halides is 4. The van der Waals surface area contributed by atoms with E-state index in [2.05, 4.69) is 72.8 Å². The predicted molar refractivity (Wildman–Crippen MR) is 86.8 cm³/mol. The molecule has 0 amide bonds. The Labute approximate surface area is 145 Å². The van der Waals surface area contributed by atoms with Gasteiger partial charge in [-0.05, 0) is 0 Å². The van der Waals surface area contributed by atoms with Crippen molar-refractivity contribution in [1.29, 1.82) is 0 Å². The molecule has 0 spiro atoms. The molecule has 1 unspecified atom stereocenters. The van der Waals surface area contributed by atoms with E-state index in [-0.39, 0.29) is 23.6 Å². The van der Waals surface area contributed by atoms with Gasteiger partial charge in [0.1, 0.15) is 0 Å². The summed E-state index contributed by atoms with van der Waals surface area (Å²) in [5, 5.41) is 0. The van der Waals surface area contributed by atoms with Crippen molar-refractivity contribution in [3.05, 3.63) is 26.6 Å². The summed E-state index contributed by atoms with van der Waals surface area (Å²) in [4.78, 5) is 4.44. The van der Waals surface area contributed by atoms with Gasteiger partial charge in [0.25, 0.3) is 0 Å². The standard InChI is InChI=1S/C10H12I4N/c1-6-3-8(4-9(12)13)10(14-5-11)7(2)15-6/h3,9H,4-5H2,1-2H3/q-1/i3D,5T. The van der Waals surface area contributed by atoms with Crippen LogP contribution in [0.2, 0.25) is 0 Å². The molecule has 1 nitrogen and oxygen atoms in total. The number of hydrogen-bond donors (Lipinski definition) is 0. The van der Waals surface area contributed by atoms with Crippen molar-refractivity contribution >= 4 is 67.8 Å². The Kier molecular flexibility index (Phi) is 6.05. The maximum atomic E-state index is 8.16. The van der Waals surface area contributed by atoms with E-state index in [0.717, 1.165) is 23.4 Å². The Balaban J connectivity index is 3.28. The predicted octanol–water partition coefficient (Wildman–Crippen LogP) is 1.09. The van der Waals surface area contributed by atoms with Crippen LogP contribution in [0.4, 0.5) is 0 Å². The summed E-state index contributed by atoms with van der Waals surface area (Å²) >= 11 is 6.55. The number of rotatable bonds is 4. The molecule has 0 saturated heterocycles. The van der Waals surface area contributed by atoms with Crippen molar-refractivity contribution in [1.82, 2.24) is 4.98 Å². The van der Waals surface area contributed by atoms with E-state index in [1.54, 1.807) is 0 Å². The average Bonchev–Trinajstić information content (AvgIpc) is 2.19. The molecule has 0 aliphatic carbocycles. The van der Waals surface area contributed by atoms with Crippen LogP contribution in [-0.2, 0) is 6.42 Å². The second-order valence-electron chi connectivity index (χ2n) is 2.99. The number of halogens is 4. The quantitative estimate of drug-likeness (QED) is 0.350. The van der Waals surface area contributed by atoms with Crippen LogP contribution >= 0.6 is 67.8 Å². The number of aromatic nitrogens is 1. The Hall–Kier alpha value is 2.07. The molecule has 5 heteroatoms. The van der Waals surface area contributed by atoms with Gasteiger partial charge in [0.2, 0.25) is 0 Å². The van der Waals surface area contributed by atoms with Gasteiger partial charge in [0.15, 0.2) is 0 Å². The Morgan fingerprint density at radius 2 is 2.33 bits per heavy atom. The molecule has 1 heterocycles. The van der Waals surface area contributed by atoms with Crippen LogP contribution in [0, 0.1) is 17.4 Å². The molecule has 0 N–H and O–H groups in total. The first-order valence-corrected chi connectivity index (χ1v) is 10.3. The Morgan fingerprint density at radius 1 is 1.67 bits per heavy atom. The normalized spacial score (nSPS) is 15.3. The van der Waals surface area contributed by atoms with Gasteiger partial charge in [-0.15, -0.1) is 0 Å². The summed E-state index contributed by atoms with van der Waals surface area (Å²) in [6.07, 6.45) is 0.905. The summed E-state index contributed by atoms with van der Waals surface area (Å²) in [5.74, 6) is 0. The topological polar surface area (TPSA) is 12.9 Å². The molecule has 0 fully saturated rings. The fraction of sp³-hybridized carbons (Fsp3) is 0.500. The van der Waals surface area contributed by atoms with Crippen LogP contribution in [0.1, 0.15) is 19.7 Å². The molecule has 1 aromatic rings. The van der Waals surface area contributed by atoms with Gasteiger partial charge in [-0.3, -0.25) is 0 Å². The van der Waals surface area contributed by atoms with E-state index in [4.69, 9.17) is 2.74 Å². The number of nitrogens with zero attached hydrogens (tertiary/aromatic N) is 1. The van der Waals surface area contributed by atoms with Gasteiger partial charge in [0.05, 0.1) is 0 Å². The van der Waals surface area contributed by atoms with Crippen LogP contribution < -0.4 is 21.2 Å². The third-order valence-corrected chi connectivity index (χ3v) is 6.51. The number of pyridine rings is 1. The van der Waals surface area contributed by atoms with Crippen molar-refractivity contribution in [3.8, 4) is 0 Å². The Morgan fingerprint density at radius 3 is 2.87 bits per heavy atom. The van der Waals surface area contributed by atoms with Gasteiger partial charge in [0, 0.05) is 0 Å². The molecule has 1 atom stereocenters. The van der Waals surface area contributed by atoms with Crippen LogP contribution in [0.25, 0.3) is 0 Å². The van der Waals surface area contributed by atoms with Crippen molar-refractivity contribution in [2.75, 3.05) is 2.41 Å². The summed E-state index contributed by atoms with van der Waals surface area (Å²) in [5.41, 5.74) is 2.97. The van der Waals surface area contributed by atoms with Gasteiger partial charge >= 0.3 is 148 Å². The minimum atomic E-state index is -0.374. The monoisotopic (exact) mass is 657 g/mol. The van der Waals surface area contributed by atoms with Crippen LogP contribution in [0.5, 0.6) is 0 Å². The zero-order valence-corrected chi connectivity index (χ0v) is 17.0. The van der Waals surface area contributed by atoms with Crippen LogP contribution in [-0.4, -0.2) is 9.33 Å². The van der Waals surface area contributed by atoms with Gasteiger partial charge in [-0.25, -0.2) is 0 Å². The zero-order valence-electron chi connectivity index (χ0n) is 10.3. The van der Waals surface area contributed by atoms with Crippen molar-refractivity contribution in [2.24, 2.45) is 0 Å². The molecule has 0 aromatic carbocycles. The molecule has 1 aromatic heterocycles. The Bertz CT molecular complexity index is 410. The first-order valence-electron chi connectivity index (χ1n) is 5.35. The SMILES string of the molecule is [2H]c1c(C)nc(C)c([I-]C([3H])I)c1CC(I)I. The summed E-state index contributed by atoms with van der Waals surface area (Å²) < 4.78 is 17.6. The zero-order chi connectivity index (χ0) is 13.2. The van der Waals surface area contributed by atoms with Crippen molar-refractivity contribution in [3.63, 3.8) is 0 Å². The van der Waals surface area contributed by atoms with Crippen LogP contribution in [0.15, 0.2) is 6.04 Å². The molecular weight excluding hydrogens is 642 g/mol.